The zero-order valence-corrected chi connectivity index (χ0v) is 27.9. The van der Waals surface area contributed by atoms with Crippen molar-refractivity contribution >= 4 is 49.1 Å². The van der Waals surface area contributed by atoms with Gasteiger partial charge in [-0.2, -0.15) is 15.2 Å². The molecule has 1 unspecified atom stereocenters. The van der Waals surface area contributed by atoms with Crippen LogP contribution < -0.4 is 15.4 Å². The van der Waals surface area contributed by atoms with E-state index >= 15 is 4.39 Å². The minimum atomic E-state index is -0.795. The number of nitrogens with two attached hydrogens (primary N) is 1. The molecule has 2 aliphatic rings. The second-order valence-electron chi connectivity index (χ2n) is 12.0. The molecule has 2 fully saturated rings. The first kappa shape index (κ1) is 33.4. The number of fused-ring (bicyclic) bond motifs is 2. The van der Waals surface area contributed by atoms with Gasteiger partial charge in [-0.25, -0.2) is 8.78 Å². The standard InChI is InChI=1S/C33H36F2N8O4S/c1-6-25(44)43-10-9-23(24(43)16-45-4)42(3)32-21-13-38-28(19-7-8-22(34)30-26(19)20(12-36)31(37)48-30)27(35)29(21)39-33(40-32)47-15-17-11-18(46-5)14-41(17)2/h6-8,13,17-18,23-24H,1,9-11,14-16,37H2,2-5H3/t17-,18+,23?,24+/m0/s1. The Kier molecular flexibility index (Phi) is 9.44. The number of likely N-dealkylation sites (N-methyl/N-ethyl adjacent to an activating group) is 2. The van der Waals surface area contributed by atoms with Crippen molar-refractivity contribution in [2.45, 2.75) is 37.1 Å². The number of hydrogen-bond donors (Lipinski definition) is 1. The molecule has 0 spiro atoms. The number of amides is 1. The van der Waals surface area contributed by atoms with Crippen LogP contribution in [0.5, 0.6) is 6.01 Å². The predicted octanol–water partition coefficient (Wildman–Crippen LogP) is 3.97. The van der Waals surface area contributed by atoms with Crippen LogP contribution in [0.25, 0.3) is 32.2 Å². The van der Waals surface area contributed by atoms with E-state index in [1.807, 2.05) is 25.1 Å². The SMILES string of the molecule is C=CC(=O)N1CCC(N(C)c2nc(OC[C@@H]3C[C@@H](OC)CN3C)nc3c(F)c(-c4ccc(F)c5sc(N)c(C#N)c45)ncc23)[C@H]1COC. The van der Waals surface area contributed by atoms with Crippen molar-refractivity contribution in [3.8, 4) is 23.3 Å². The van der Waals surface area contributed by atoms with Crippen LogP contribution in [0, 0.1) is 23.0 Å². The molecule has 0 radical (unpaired) electrons. The Hall–Kier alpha value is -4.49. The number of benzene rings is 1. The first-order chi connectivity index (χ1) is 23.1. The molecule has 2 N–H and O–H groups in total. The number of likely N-dealkylation sites (tertiary alicyclic amines) is 2. The number of carbonyl (C=O) groups is 1. The van der Waals surface area contributed by atoms with Gasteiger partial charge in [-0.05, 0) is 38.1 Å². The number of hydrogen-bond acceptors (Lipinski definition) is 12. The summed E-state index contributed by atoms with van der Waals surface area (Å²) in [5.41, 5.74) is 6.11. The highest BCUT2D eigenvalue weighted by Crippen LogP contribution is 2.42. The molecular formula is C33H36F2N8O4S. The number of ether oxygens (including phenoxy) is 3. The van der Waals surface area contributed by atoms with Crippen LogP contribution in [-0.4, -0.2) is 110 Å². The second-order valence-corrected chi connectivity index (χ2v) is 13.0. The summed E-state index contributed by atoms with van der Waals surface area (Å²) in [6.45, 7) is 5.35. The number of pyridine rings is 1. The summed E-state index contributed by atoms with van der Waals surface area (Å²) in [4.78, 5) is 32.2. The Labute approximate surface area is 280 Å². The maximum atomic E-state index is 16.8. The van der Waals surface area contributed by atoms with Gasteiger partial charge in [0.2, 0.25) is 5.91 Å². The minimum absolute atomic E-state index is 0.0219. The average Bonchev–Trinajstić information content (AvgIpc) is 3.78. The molecule has 0 bridgehead atoms. The van der Waals surface area contributed by atoms with Crippen molar-refractivity contribution < 1.29 is 27.8 Å². The zero-order valence-electron chi connectivity index (χ0n) is 27.1. The molecule has 252 valence electrons. The molecule has 3 aromatic heterocycles. The lowest BCUT2D eigenvalue weighted by Crippen LogP contribution is -2.48. The molecule has 6 rings (SSSR count). The Morgan fingerprint density at radius 3 is 2.77 bits per heavy atom. The van der Waals surface area contributed by atoms with Crippen molar-refractivity contribution in [2.24, 2.45) is 0 Å². The van der Waals surface area contributed by atoms with Crippen LogP contribution in [0.2, 0.25) is 0 Å². The maximum Gasteiger partial charge on any atom is 0.319 e. The number of nitrogen functional groups attached to an aromatic ring is 1. The van der Waals surface area contributed by atoms with Crippen LogP contribution in [0.1, 0.15) is 18.4 Å². The molecule has 0 saturated carbocycles. The molecule has 15 heteroatoms. The highest BCUT2D eigenvalue weighted by atomic mass is 32.1. The number of carbonyl (C=O) groups excluding carboxylic acids is 1. The normalized spacial score (nSPS) is 21.2. The van der Waals surface area contributed by atoms with Crippen molar-refractivity contribution in [2.75, 3.05) is 65.3 Å². The van der Waals surface area contributed by atoms with E-state index in [2.05, 4.69) is 21.4 Å². The van der Waals surface area contributed by atoms with E-state index in [-0.39, 0.29) is 86.8 Å². The Bertz CT molecular complexity index is 1930. The third-order valence-corrected chi connectivity index (χ3v) is 10.4. The summed E-state index contributed by atoms with van der Waals surface area (Å²) < 4.78 is 48.9. The van der Waals surface area contributed by atoms with Crippen molar-refractivity contribution in [3.05, 3.63) is 48.2 Å². The van der Waals surface area contributed by atoms with Crippen molar-refractivity contribution in [3.63, 3.8) is 0 Å². The highest BCUT2D eigenvalue weighted by Gasteiger charge is 2.40. The van der Waals surface area contributed by atoms with E-state index < -0.39 is 11.6 Å². The lowest BCUT2D eigenvalue weighted by Gasteiger charge is -2.33. The predicted molar refractivity (Wildman–Crippen MR) is 179 cm³/mol. The summed E-state index contributed by atoms with van der Waals surface area (Å²) in [7, 11) is 7.04. The van der Waals surface area contributed by atoms with Gasteiger partial charge in [0.15, 0.2) is 5.82 Å². The molecule has 2 saturated heterocycles. The van der Waals surface area contributed by atoms with Gasteiger partial charge in [-0.3, -0.25) is 14.7 Å². The number of nitriles is 1. The Balaban J connectivity index is 1.48. The highest BCUT2D eigenvalue weighted by molar-refractivity contribution is 7.23. The quantitative estimate of drug-likeness (QED) is 0.244. The number of thiophene rings is 1. The topological polar surface area (TPSA) is 143 Å². The third-order valence-electron chi connectivity index (χ3n) is 9.35. The fourth-order valence-electron chi connectivity index (χ4n) is 6.81. The van der Waals surface area contributed by atoms with Crippen molar-refractivity contribution in [1.82, 2.24) is 24.8 Å². The summed E-state index contributed by atoms with van der Waals surface area (Å²) in [6.07, 6.45) is 4.13. The lowest BCUT2D eigenvalue weighted by molar-refractivity contribution is -0.127. The molecule has 1 aromatic carbocycles. The largest absolute Gasteiger partial charge is 0.462 e. The van der Waals surface area contributed by atoms with Crippen LogP contribution in [0.4, 0.5) is 19.6 Å². The Morgan fingerprint density at radius 2 is 2.08 bits per heavy atom. The van der Waals surface area contributed by atoms with Gasteiger partial charge in [-0.1, -0.05) is 6.58 Å². The molecular weight excluding hydrogens is 642 g/mol. The second kappa shape index (κ2) is 13.6. The molecule has 4 aromatic rings. The molecule has 4 atom stereocenters. The monoisotopic (exact) mass is 678 g/mol. The average molecular weight is 679 g/mol. The molecule has 0 aliphatic carbocycles. The molecule has 12 nitrogen and oxygen atoms in total. The fourth-order valence-corrected chi connectivity index (χ4v) is 7.76. The summed E-state index contributed by atoms with van der Waals surface area (Å²) in [5.74, 6) is -1.23. The third kappa shape index (κ3) is 5.79. The van der Waals surface area contributed by atoms with E-state index in [1.165, 1.54) is 24.4 Å². The zero-order chi connectivity index (χ0) is 34.3. The number of anilines is 2. The number of halogens is 2. The molecule has 5 heterocycles. The van der Waals surface area contributed by atoms with E-state index in [1.54, 1.807) is 19.1 Å². The van der Waals surface area contributed by atoms with Crippen LogP contribution in [0.3, 0.4) is 0 Å². The van der Waals surface area contributed by atoms with E-state index in [0.717, 1.165) is 24.3 Å². The van der Waals surface area contributed by atoms with Gasteiger partial charge in [0.1, 0.15) is 40.5 Å². The molecule has 1 amide bonds. The Morgan fingerprint density at radius 1 is 1.29 bits per heavy atom. The van der Waals surface area contributed by atoms with Gasteiger partial charge in [0.25, 0.3) is 0 Å². The van der Waals surface area contributed by atoms with Crippen molar-refractivity contribution in [1.29, 1.82) is 5.26 Å². The number of aromatic nitrogens is 3. The minimum Gasteiger partial charge on any atom is -0.462 e. The lowest BCUT2D eigenvalue weighted by atomic mass is 10.0. The van der Waals surface area contributed by atoms with Gasteiger partial charge in [-0.15, -0.1) is 11.3 Å². The van der Waals surface area contributed by atoms with E-state index in [4.69, 9.17) is 24.9 Å². The first-order valence-electron chi connectivity index (χ1n) is 15.4. The summed E-state index contributed by atoms with van der Waals surface area (Å²) in [6, 6.07) is 3.99. The molecule has 2 aliphatic heterocycles. The van der Waals surface area contributed by atoms with Gasteiger partial charge in [0.05, 0.1) is 40.4 Å². The first-order valence-corrected chi connectivity index (χ1v) is 16.2. The van der Waals surface area contributed by atoms with Crippen LogP contribution in [-0.2, 0) is 14.3 Å². The number of methoxy groups -OCH3 is 2. The smallest absolute Gasteiger partial charge is 0.319 e. The van der Waals surface area contributed by atoms with Crippen LogP contribution >= 0.6 is 11.3 Å². The number of nitrogens with zero attached hydrogens (tertiary/aromatic N) is 7. The van der Waals surface area contributed by atoms with Gasteiger partial charge < -0.3 is 29.7 Å². The van der Waals surface area contributed by atoms with E-state index in [9.17, 15) is 14.4 Å². The van der Waals surface area contributed by atoms with E-state index in [0.29, 0.717) is 24.2 Å². The van der Waals surface area contributed by atoms with Gasteiger partial charge >= 0.3 is 6.01 Å². The molecule has 48 heavy (non-hydrogen) atoms. The fraction of sp³-hybridized carbons (Fsp3) is 0.424. The maximum absolute atomic E-state index is 16.8. The van der Waals surface area contributed by atoms with Gasteiger partial charge in [0, 0.05) is 57.5 Å². The summed E-state index contributed by atoms with van der Waals surface area (Å²) in [5, 5.41) is 10.4. The number of rotatable bonds is 10. The summed E-state index contributed by atoms with van der Waals surface area (Å²) >= 11 is 0.920. The van der Waals surface area contributed by atoms with Crippen LogP contribution in [0.15, 0.2) is 31.0 Å².